The Labute approximate surface area is 562 Å². The lowest BCUT2D eigenvalue weighted by molar-refractivity contribution is -0.161. The van der Waals surface area contributed by atoms with E-state index in [1.54, 1.807) is 0 Å². The number of aliphatic hydroxyl groups is 1. The van der Waals surface area contributed by atoms with E-state index in [4.69, 9.17) is 9.47 Å². The molecule has 0 bridgehead atoms. The zero-order valence-electron chi connectivity index (χ0n) is 60.4. The van der Waals surface area contributed by atoms with Gasteiger partial charge in [-0.25, -0.2) is 0 Å². The zero-order chi connectivity index (χ0) is 64.7. The normalized spacial score (nSPS) is 12.6. The van der Waals surface area contributed by atoms with Crippen molar-refractivity contribution in [2.24, 2.45) is 0 Å². The van der Waals surface area contributed by atoms with Crippen LogP contribution in [0.15, 0.2) is 85.1 Å². The van der Waals surface area contributed by atoms with Crippen molar-refractivity contribution >= 4 is 11.9 Å². The second kappa shape index (κ2) is 80.3. The first-order valence-corrected chi connectivity index (χ1v) is 40.1. The Morgan fingerprint density at radius 1 is 0.267 bits per heavy atom. The monoisotopic (exact) mass is 1260 g/mol. The summed E-state index contributed by atoms with van der Waals surface area (Å²) in [5.74, 6) is -0.567. The van der Waals surface area contributed by atoms with Crippen LogP contribution in [0.5, 0.6) is 0 Å². The summed E-state index contributed by atoms with van der Waals surface area (Å²) in [6, 6.07) is 0. The SMILES string of the molecule is CC/C=C\C/C=C\C/C=C\C/C=C\C/C=C\CCCCCCCCCCCCCCCCCCCCCCCC(=O)OC(CO)COC(=O)CCCCCCCCCCCCCCCCCCCCCCCCCCCCC/C=C\C/C=C\CCCCCCC. The molecule has 0 saturated carbocycles. The van der Waals surface area contributed by atoms with E-state index in [9.17, 15) is 14.7 Å². The molecule has 0 radical (unpaired) electrons. The summed E-state index contributed by atoms with van der Waals surface area (Å²) >= 11 is 0. The molecule has 0 aromatic rings. The van der Waals surface area contributed by atoms with E-state index in [0.717, 1.165) is 77.0 Å². The highest BCUT2D eigenvalue weighted by molar-refractivity contribution is 5.70. The first-order valence-electron chi connectivity index (χ1n) is 40.1. The molecule has 0 heterocycles. The number of carbonyl (C=O) groups is 2. The number of ether oxygens (including phenoxy) is 2. The molecule has 524 valence electrons. The molecule has 1 atom stereocenters. The minimum absolute atomic E-state index is 0.0611. The summed E-state index contributed by atoms with van der Waals surface area (Å²) in [6.45, 7) is 4.07. The van der Waals surface area contributed by atoms with E-state index in [0.29, 0.717) is 12.8 Å². The zero-order valence-corrected chi connectivity index (χ0v) is 60.4. The van der Waals surface area contributed by atoms with E-state index < -0.39 is 6.10 Å². The number of rotatable bonds is 75. The van der Waals surface area contributed by atoms with Gasteiger partial charge in [-0.3, -0.25) is 9.59 Å². The third-order valence-electron chi connectivity index (χ3n) is 18.2. The third-order valence-corrected chi connectivity index (χ3v) is 18.2. The van der Waals surface area contributed by atoms with E-state index in [2.05, 4.69) is 98.9 Å². The number of allylic oxidation sites excluding steroid dienone is 14. The van der Waals surface area contributed by atoms with Crippen molar-refractivity contribution in [2.45, 2.75) is 431 Å². The average molecular weight is 1260 g/mol. The van der Waals surface area contributed by atoms with Gasteiger partial charge < -0.3 is 14.6 Å². The highest BCUT2D eigenvalue weighted by atomic mass is 16.6. The molecule has 0 rings (SSSR count). The van der Waals surface area contributed by atoms with Crippen LogP contribution in [-0.4, -0.2) is 36.4 Å². The van der Waals surface area contributed by atoms with Crippen LogP contribution in [0.3, 0.4) is 0 Å². The maximum atomic E-state index is 12.4. The Morgan fingerprint density at radius 3 is 0.722 bits per heavy atom. The topological polar surface area (TPSA) is 72.8 Å². The highest BCUT2D eigenvalue weighted by Crippen LogP contribution is 2.20. The van der Waals surface area contributed by atoms with Gasteiger partial charge in [0, 0.05) is 12.8 Å². The van der Waals surface area contributed by atoms with Crippen LogP contribution in [-0.2, 0) is 19.1 Å². The molecule has 0 saturated heterocycles. The van der Waals surface area contributed by atoms with Crippen LogP contribution in [0, 0.1) is 0 Å². The number of aliphatic hydroxyl groups excluding tert-OH is 1. The molecule has 0 aliphatic heterocycles. The van der Waals surface area contributed by atoms with Crippen molar-refractivity contribution in [1.82, 2.24) is 0 Å². The fourth-order valence-corrected chi connectivity index (χ4v) is 12.2. The summed E-state index contributed by atoms with van der Waals surface area (Å²) in [4.78, 5) is 24.7. The maximum absolute atomic E-state index is 12.4. The number of esters is 2. The summed E-state index contributed by atoms with van der Waals surface area (Å²) < 4.78 is 10.8. The minimum atomic E-state index is -0.773. The van der Waals surface area contributed by atoms with Crippen LogP contribution in [0.4, 0.5) is 0 Å². The molecule has 1 N–H and O–H groups in total. The van der Waals surface area contributed by atoms with Gasteiger partial charge in [-0.15, -0.1) is 0 Å². The summed E-state index contributed by atoms with van der Waals surface area (Å²) in [7, 11) is 0. The molecule has 0 fully saturated rings. The van der Waals surface area contributed by atoms with Gasteiger partial charge in [-0.05, 0) is 89.9 Å². The molecule has 5 heteroatoms. The Morgan fingerprint density at radius 2 is 0.478 bits per heavy atom. The van der Waals surface area contributed by atoms with E-state index in [1.165, 1.54) is 321 Å². The van der Waals surface area contributed by atoms with Gasteiger partial charge in [0.25, 0.3) is 0 Å². The van der Waals surface area contributed by atoms with Gasteiger partial charge in [0.2, 0.25) is 0 Å². The van der Waals surface area contributed by atoms with Gasteiger partial charge in [-0.2, -0.15) is 0 Å². The van der Waals surface area contributed by atoms with Crippen LogP contribution in [0.25, 0.3) is 0 Å². The molecule has 1 unspecified atom stereocenters. The lowest BCUT2D eigenvalue weighted by atomic mass is 10.0. The first kappa shape index (κ1) is 87.1. The number of hydrogen-bond donors (Lipinski definition) is 1. The smallest absolute Gasteiger partial charge is 0.306 e. The standard InChI is InChI=1S/C85H154O5/c1-3-5-7-9-11-13-15-17-19-21-23-25-27-29-31-33-35-37-39-41-42-44-45-47-49-51-53-55-57-59-61-63-65-67-69-71-73-75-77-79-84(87)89-82-83(81-86)90-85(88)80-78-76-74-72-70-68-66-64-62-60-58-56-54-52-50-48-46-43-40-38-36-34-32-30-28-26-24-22-20-18-16-14-12-10-8-6-4-2/h6,8,12,14-15,17-18,20-21,23-24,26,30,32,83,86H,3-5,7,9-11,13,16,19,22,25,27-29,31,33-82H2,1-2H3/b8-6-,14-12-,17-15-,20-18-,23-21-,26-24-,32-30-. The molecular formula is C85H154O5. The minimum Gasteiger partial charge on any atom is -0.462 e. The van der Waals surface area contributed by atoms with Crippen molar-refractivity contribution in [3.63, 3.8) is 0 Å². The Kier molecular flexibility index (Phi) is 77.7. The second-order valence-corrected chi connectivity index (χ2v) is 27.1. The van der Waals surface area contributed by atoms with E-state index in [1.807, 2.05) is 0 Å². The maximum Gasteiger partial charge on any atom is 0.306 e. The van der Waals surface area contributed by atoms with Crippen LogP contribution < -0.4 is 0 Å². The van der Waals surface area contributed by atoms with Crippen LogP contribution in [0.1, 0.15) is 425 Å². The van der Waals surface area contributed by atoms with E-state index >= 15 is 0 Å². The summed E-state index contributed by atoms with van der Waals surface area (Å²) in [5.41, 5.74) is 0. The molecule has 0 spiro atoms. The number of hydrogen-bond acceptors (Lipinski definition) is 5. The van der Waals surface area contributed by atoms with Gasteiger partial charge in [0.15, 0.2) is 6.10 Å². The van der Waals surface area contributed by atoms with Gasteiger partial charge in [0.1, 0.15) is 6.61 Å². The summed E-state index contributed by atoms with van der Waals surface area (Å²) in [6.07, 6.45) is 114. The molecule has 0 aliphatic carbocycles. The molecule has 0 amide bonds. The predicted octanol–water partition coefficient (Wildman–Crippen LogP) is 28.3. The van der Waals surface area contributed by atoms with Crippen molar-refractivity contribution in [3.8, 4) is 0 Å². The first-order chi connectivity index (χ1) is 44.6. The Hall–Kier alpha value is -2.92. The number of carbonyl (C=O) groups excluding carboxylic acids is 2. The highest BCUT2D eigenvalue weighted by Gasteiger charge is 2.16. The van der Waals surface area contributed by atoms with Crippen molar-refractivity contribution in [2.75, 3.05) is 13.2 Å². The molecule has 0 aromatic carbocycles. The summed E-state index contributed by atoms with van der Waals surface area (Å²) in [5, 5.41) is 9.73. The molecule has 5 nitrogen and oxygen atoms in total. The fraction of sp³-hybridized carbons (Fsp3) is 0.812. The molecule has 0 aliphatic rings. The lowest BCUT2D eigenvalue weighted by Crippen LogP contribution is -2.28. The lowest BCUT2D eigenvalue weighted by Gasteiger charge is -2.15. The van der Waals surface area contributed by atoms with Crippen molar-refractivity contribution in [3.05, 3.63) is 85.1 Å². The van der Waals surface area contributed by atoms with Gasteiger partial charge >= 0.3 is 11.9 Å². The van der Waals surface area contributed by atoms with Gasteiger partial charge in [-0.1, -0.05) is 407 Å². The predicted molar refractivity (Wildman–Crippen MR) is 399 cm³/mol. The number of unbranched alkanes of at least 4 members (excludes halogenated alkanes) is 53. The quantitative estimate of drug-likeness (QED) is 0.0373. The second-order valence-electron chi connectivity index (χ2n) is 27.1. The van der Waals surface area contributed by atoms with Crippen molar-refractivity contribution in [1.29, 1.82) is 0 Å². The molecule has 90 heavy (non-hydrogen) atoms. The molecular weight excluding hydrogens is 1100 g/mol. The van der Waals surface area contributed by atoms with E-state index in [-0.39, 0.29) is 25.2 Å². The van der Waals surface area contributed by atoms with Crippen LogP contribution >= 0.6 is 0 Å². The Bertz CT molecular complexity index is 1620. The Balaban J connectivity index is 3.38. The average Bonchev–Trinajstić information content (AvgIpc) is 3.62. The van der Waals surface area contributed by atoms with Crippen LogP contribution in [0.2, 0.25) is 0 Å². The fourth-order valence-electron chi connectivity index (χ4n) is 12.2. The molecule has 0 aromatic heterocycles. The van der Waals surface area contributed by atoms with Crippen molar-refractivity contribution < 1.29 is 24.2 Å². The third kappa shape index (κ3) is 77.5. The largest absolute Gasteiger partial charge is 0.462 e. The van der Waals surface area contributed by atoms with Gasteiger partial charge in [0.05, 0.1) is 6.61 Å².